The smallest absolute Gasteiger partial charge is 0.202 e. The molecule has 0 aliphatic carbocycles. The molecule has 0 saturated heterocycles. The average Bonchev–Trinajstić information content (AvgIpc) is 2.58. The minimum atomic E-state index is 0.577. The summed E-state index contributed by atoms with van der Waals surface area (Å²) in [5.41, 5.74) is 8.88. The number of anilines is 1. The van der Waals surface area contributed by atoms with Crippen LogP contribution in [0.4, 0.5) is 5.95 Å². The van der Waals surface area contributed by atoms with Crippen molar-refractivity contribution >= 4 is 17.1 Å². The number of imidazole rings is 1. The zero-order valence-corrected chi connectivity index (χ0v) is 9.90. The summed E-state index contributed by atoms with van der Waals surface area (Å²) in [5.74, 6) is 0.577. The summed E-state index contributed by atoms with van der Waals surface area (Å²) < 4.78 is 2.01. The number of hydrogen-bond donors (Lipinski definition) is 1. The predicted octanol–water partition coefficient (Wildman–Crippen LogP) is 2.51. The van der Waals surface area contributed by atoms with E-state index in [2.05, 4.69) is 16.9 Å². The molecule has 4 nitrogen and oxygen atoms in total. The molecular formula is C12H18N4. The molecule has 2 aromatic heterocycles. The molecule has 2 rings (SSSR count). The highest BCUT2D eigenvalue weighted by molar-refractivity contribution is 5.77. The summed E-state index contributed by atoms with van der Waals surface area (Å²) in [6.45, 7) is 5.14. The molecule has 0 amide bonds. The number of pyridine rings is 1. The zero-order valence-electron chi connectivity index (χ0n) is 9.90. The van der Waals surface area contributed by atoms with Crippen LogP contribution in [-0.2, 0) is 6.54 Å². The lowest BCUT2D eigenvalue weighted by Crippen LogP contribution is -2.04. The maximum atomic E-state index is 5.92. The fraction of sp³-hybridized carbons (Fsp3) is 0.500. The second kappa shape index (κ2) is 4.51. The van der Waals surface area contributed by atoms with Crippen molar-refractivity contribution in [2.75, 3.05) is 5.73 Å². The molecule has 0 fully saturated rings. The predicted molar refractivity (Wildman–Crippen MR) is 66.2 cm³/mol. The molecule has 2 N–H and O–H groups in total. The number of hydrogen-bond acceptors (Lipinski definition) is 3. The van der Waals surface area contributed by atoms with Crippen molar-refractivity contribution in [3.8, 4) is 0 Å². The molecule has 2 heterocycles. The van der Waals surface area contributed by atoms with E-state index >= 15 is 0 Å². The van der Waals surface area contributed by atoms with Gasteiger partial charge in [-0.1, -0.05) is 19.8 Å². The standard InChI is InChI=1S/C12H18N4/c1-3-4-5-8-16-11-10(15-12(16)13)9(2)6-7-14-11/h6-7H,3-5,8H2,1-2H3,(H2,13,15). The molecule has 0 spiro atoms. The first kappa shape index (κ1) is 10.9. The van der Waals surface area contributed by atoms with Gasteiger partial charge >= 0.3 is 0 Å². The van der Waals surface area contributed by atoms with E-state index in [9.17, 15) is 0 Å². The van der Waals surface area contributed by atoms with Crippen LogP contribution in [-0.4, -0.2) is 14.5 Å². The van der Waals surface area contributed by atoms with Gasteiger partial charge in [-0.2, -0.15) is 0 Å². The van der Waals surface area contributed by atoms with Crippen LogP contribution < -0.4 is 5.73 Å². The Labute approximate surface area is 95.5 Å². The van der Waals surface area contributed by atoms with Crippen LogP contribution in [0.25, 0.3) is 11.2 Å². The van der Waals surface area contributed by atoms with Crippen LogP contribution in [0.1, 0.15) is 31.7 Å². The van der Waals surface area contributed by atoms with E-state index in [0.717, 1.165) is 29.7 Å². The molecule has 2 aromatic rings. The van der Waals surface area contributed by atoms with E-state index in [4.69, 9.17) is 5.73 Å². The van der Waals surface area contributed by atoms with Crippen LogP contribution >= 0.6 is 0 Å². The third-order valence-corrected chi connectivity index (χ3v) is 2.85. The Bertz CT molecular complexity index is 487. The maximum Gasteiger partial charge on any atom is 0.202 e. The van der Waals surface area contributed by atoms with Crippen molar-refractivity contribution in [3.05, 3.63) is 17.8 Å². The minimum absolute atomic E-state index is 0.577. The van der Waals surface area contributed by atoms with Crippen molar-refractivity contribution in [1.82, 2.24) is 14.5 Å². The van der Waals surface area contributed by atoms with Gasteiger partial charge in [0, 0.05) is 12.7 Å². The summed E-state index contributed by atoms with van der Waals surface area (Å²) in [7, 11) is 0. The Morgan fingerprint density at radius 1 is 1.38 bits per heavy atom. The van der Waals surface area contributed by atoms with Crippen LogP contribution in [0.2, 0.25) is 0 Å². The highest BCUT2D eigenvalue weighted by atomic mass is 15.2. The molecule has 0 aliphatic heterocycles. The van der Waals surface area contributed by atoms with Gasteiger partial charge < -0.3 is 5.73 Å². The zero-order chi connectivity index (χ0) is 11.5. The second-order valence-electron chi connectivity index (χ2n) is 4.13. The first-order valence-corrected chi connectivity index (χ1v) is 5.81. The molecule has 86 valence electrons. The number of fused-ring (bicyclic) bond motifs is 1. The third kappa shape index (κ3) is 1.87. The molecule has 0 bridgehead atoms. The van der Waals surface area contributed by atoms with E-state index in [1.54, 1.807) is 0 Å². The van der Waals surface area contributed by atoms with E-state index in [-0.39, 0.29) is 0 Å². The summed E-state index contributed by atoms with van der Waals surface area (Å²) in [6.07, 6.45) is 5.36. The molecule has 0 radical (unpaired) electrons. The first-order chi connectivity index (χ1) is 7.74. The van der Waals surface area contributed by atoms with Crippen LogP contribution in [0.3, 0.4) is 0 Å². The van der Waals surface area contributed by atoms with Gasteiger partial charge in [0.15, 0.2) is 5.65 Å². The van der Waals surface area contributed by atoms with Gasteiger partial charge in [0.2, 0.25) is 5.95 Å². The molecule has 0 atom stereocenters. The normalized spacial score (nSPS) is 11.1. The van der Waals surface area contributed by atoms with Gasteiger partial charge in [0.1, 0.15) is 5.52 Å². The quantitative estimate of drug-likeness (QED) is 0.802. The number of aromatic nitrogens is 3. The van der Waals surface area contributed by atoms with Crippen LogP contribution in [0, 0.1) is 6.92 Å². The van der Waals surface area contributed by atoms with Crippen molar-refractivity contribution in [2.45, 2.75) is 39.7 Å². The van der Waals surface area contributed by atoms with Gasteiger partial charge in [0.05, 0.1) is 0 Å². The molecule has 0 aromatic carbocycles. The molecule has 0 unspecified atom stereocenters. The molecule has 16 heavy (non-hydrogen) atoms. The Balaban J connectivity index is 2.36. The molecule has 4 heteroatoms. The number of nitrogen functional groups attached to an aromatic ring is 1. The Morgan fingerprint density at radius 2 is 2.19 bits per heavy atom. The minimum Gasteiger partial charge on any atom is -0.369 e. The number of nitrogens with zero attached hydrogens (tertiary/aromatic N) is 3. The average molecular weight is 218 g/mol. The van der Waals surface area contributed by atoms with Crippen LogP contribution in [0.5, 0.6) is 0 Å². The van der Waals surface area contributed by atoms with Crippen molar-refractivity contribution in [3.63, 3.8) is 0 Å². The first-order valence-electron chi connectivity index (χ1n) is 5.81. The van der Waals surface area contributed by atoms with E-state index in [1.807, 2.05) is 23.8 Å². The van der Waals surface area contributed by atoms with Gasteiger partial charge in [-0.25, -0.2) is 9.97 Å². The largest absolute Gasteiger partial charge is 0.369 e. The lowest BCUT2D eigenvalue weighted by atomic mass is 10.2. The number of aryl methyl sites for hydroxylation is 2. The number of nitrogens with two attached hydrogens (primary N) is 1. The topological polar surface area (TPSA) is 56.7 Å². The summed E-state index contributed by atoms with van der Waals surface area (Å²) in [5, 5.41) is 0. The van der Waals surface area contributed by atoms with E-state index in [0.29, 0.717) is 5.95 Å². The van der Waals surface area contributed by atoms with Gasteiger partial charge in [0.25, 0.3) is 0 Å². The SMILES string of the molecule is CCCCCn1c(N)nc2c(C)ccnc21. The van der Waals surface area contributed by atoms with Gasteiger partial charge in [-0.15, -0.1) is 0 Å². The third-order valence-electron chi connectivity index (χ3n) is 2.85. The lowest BCUT2D eigenvalue weighted by molar-refractivity contribution is 0.616. The fourth-order valence-corrected chi connectivity index (χ4v) is 1.90. The molecule has 0 aliphatic rings. The second-order valence-corrected chi connectivity index (χ2v) is 4.13. The highest BCUT2D eigenvalue weighted by Crippen LogP contribution is 2.19. The lowest BCUT2D eigenvalue weighted by Gasteiger charge is -2.04. The molecular weight excluding hydrogens is 200 g/mol. The molecule has 0 saturated carbocycles. The van der Waals surface area contributed by atoms with Crippen molar-refractivity contribution in [2.24, 2.45) is 0 Å². The summed E-state index contributed by atoms with van der Waals surface area (Å²) >= 11 is 0. The van der Waals surface area contributed by atoms with E-state index in [1.165, 1.54) is 12.8 Å². The monoisotopic (exact) mass is 218 g/mol. The summed E-state index contributed by atoms with van der Waals surface area (Å²) in [6, 6.07) is 1.96. The Morgan fingerprint density at radius 3 is 2.94 bits per heavy atom. The van der Waals surface area contributed by atoms with Crippen molar-refractivity contribution < 1.29 is 0 Å². The maximum absolute atomic E-state index is 5.92. The fourth-order valence-electron chi connectivity index (χ4n) is 1.90. The number of rotatable bonds is 4. The van der Waals surface area contributed by atoms with Gasteiger partial charge in [-0.05, 0) is 25.0 Å². The van der Waals surface area contributed by atoms with Gasteiger partial charge in [-0.3, -0.25) is 4.57 Å². The Kier molecular flexibility index (Phi) is 3.08. The van der Waals surface area contributed by atoms with Crippen LogP contribution in [0.15, 0.2) is 12.3 Å². The highest BCUT2D eigenvalue weighted by Gasteiger charge is 2.10. The number of unbranched alkanes of at least 4 members (excludes halogenated alkanes) is 2. The van der Waals surface area contributed by atoms with Crippen molar-refractivity contribution in [1.29, 1.82) is 0 Å². The van der Waals surface area contributed by atoms with E-state index < -0.39 is 0 Å². The summed E-state index contributed by atoms with van der Waals surface area (Å²) in [4.78, 5) is 8.73. The Hall–Kier alpha value is -1.58.